The highest BCUT2D eigenvalue weighted by atomic mass is 16.6. The average molecular weight is 438 g/mol. The fourth-order valence-corrected chi connectivity index (χ4v) is 4.98. The number of nitrogens with one attached hydrogen (secondary N) is 4. The molecule has 4 atom stereocenters. The number of esters is 1. The van der Waals surface area contributed by atoms with Crippen LogP contribution in [0.15, 0.2) is 32.5 Å². The number of hydrogen-bond donors (Lipinski definition) is 4. The molecule has 32 heavy (non-hydrogen) atoms. The molecule has 1 aromatic carbocycles. The number of urea groups is 1. The van der Waals surface area contributed by atoms with Crippen molar-refractivity contribution in [2.75, 3.05) is 7.11 Å². The van der Waals surface area contributed by atoms with E-state index < -0.39 is 53.0 Å². The molecule has 4 N–H and O–H groups in total. The average Bonchev–Trinajstić information content (AvgIpc) is 3.12. The fourth-order valence-electron chi connectivity index (χ4n) is 4.98. The smallest absolute Gasteiger partial charge is 0.325 e. The number of amides is 3. The highest BCUT2D eigenvalue weighted by Crippen LogP contribution is 2.58. The number of benzene rings is 1. The van der Waals surface area contributed by atoms with Crippen molar-refractivity contribution < 1.29 is 28.3 Å². The third-order valence-electron chi connectivity index (χ3n) is 6.34. The van der Waals surface area contributed by atoms with E-state index in [1.54, 1.807) is 6.07 Å². The molecule has 1 saturated heterocycles. The van der Waals surface area contributed by atoms with Crippen LogP contribution in [0.2, 0.25) is 0 Å². The predicted molar refractivity (Wildman–Crippen MR) is 105 cm³/mol. The lowest BCUT2D eigenvalue weighted by Crippen LogP contribution is -2.72. The van der Waals surface area contributed by atoms with Crippen molar-refractivity contribution >= 4 is 28.9 Å². The summed E-state index contributed by atoms with van der Waals surface area (Å²) in [6, 6.07) is 0.353. The number of furan rings is 1. The topological polar surface area (TPSA) is 173 Å². The Morgan fingerprint density at radius 2 is 1.84 bits per heavy atom. The fraction of sp³-hybridized carbons (Fsp3) is 0.250. The number of aromatic amines is 2. The molecule has 3 amide bonds. The van der Waals surface area contributed by atoms with Crippen LogP contribution in [0.25, 0.3) is 22.1 Å². The van der Waals surface area contributed by atoms with Gasteiger partial charge in [-0.15, -0.1) is 0 Å². The summed E-state index contributed by atoms with van der Waals surface area (Å²) >= 11 is 0. The Balaban J connectivity index is 1.58. The van der Waals surface area contributed by atoms with E-state index in [0.717, 1.165) is 0 Å². The van der Waals surface area contributed by atoms with Crippen molar-refractivity contribution in [1.29, 1.82) is 0 Å². The van der Waals surface area contributed by atoms with Crippen LogP contribution in [0.3, 0.4) is 0 Å². The Morgan fingerprint density at radius 3 is 2.59 bits per heavy atom. The number of carbonyl (C=O) groups excluding carboxylic acids is 3. The molecular formula is C20H14N4O8. The number of aromatic nitrogens is 2. The molecule has 12 heteroatoms. The Labute approximate surface area is 176 Å². The Kier molecular flexibility index (Phi) is 3.51. The van der Waals surface area contributed by atoms with Gasteiger partial charge in [-0.2, -0.15) is 0 Å². The first-order valence-electron chi connectivity index (χ1n) is 9.66. The summed E-state index contributed by atoms with van der Waals surface area (Å²) in [5.41, 5.74) is 0.0243. The van der Waals surface area contributed by atoms with Gasteiger partial charge in [0.15, 0.2) is 11.3 Å². The van der Waals surface area contributed by atoms with Crippen LogP contribution < -0.4 is 31.4 Å². The van der Waals surface area contributed by atoms with E-state index in [0.29, 0.717) is 16.5 Å². The van der Waals surface area contributed by atoms with Crippen molar-refractivity contribution in [3.05, 3.63) is 44.9 Å². The monoisotopic (exact) mass is 438 g/mol. The maximum absolute atomic E-state index is 12.7. The van der Waals surface area contributed by atoms with Gasteiger partial charge in [0.05, 0.1) is 30.6 Å². The van der Waals surface area contributed by atoms with Crippen LogP contribution in [-0.2, 0) is 9.59 Å². The van der Waals surface area contributed by atoms with Crippen molar-refractivity contribution in [3.63, 3.8) is 0 Å². The Hall–Kier alpha value is -4.35. The maximum Gasteiger partial charge on any atom is 0.325 e. The molecule has 3 aliphatic rings. The second-order valence-electron chi connectivity index (χ2n) is 7.83. The van der Waals surface area contributed by atoms with Gasteiger partial charge < -0.3 is 24.2 Å². The first kappa shape index (κ1) is 18.4. The number of ether oxygens (including phenoxy) is 2. The van der Waals surface area contributed by atoms with E-state index in [1.807, 2.05) is 0 Å². The van der Waals surface area contributed by atoms with Gasteiger partial charge in [0.1, 0.15) is 6.26 Å². The second-order valence-corrected chi connectivity index (χ2v) is 7.83. The van der Waals surface area contributed by atoms with Gasteiger partial charge in [-0.1, -0.05) is 0 Å². The number of imide groups is 1. The van der Waals surface area contributed by atoms with E-state index >= 15 is 0 Å². The van der Waals surface area contributed by atoms with E-state index in [2.05, 4.69) is 20.6 Å². The molecule has 1 saturated carbocycles. The molecule has 0 bridgehead atoms. The van der Waals surface area contributed by atoms with Crippen LogP contribution in [0.4, 0.5) is 4.79 Å². The molecule has 3 aromatic rings. The van der Waals surface area contributed by atoms with E-state index in [-0.39, 0.29) is 22.6 Å². The molecule has 6 rings (SSSR count). The molecule has 4 heterocycles. The molecule has 12 nitrogen and oxygen atoms in total. The van der Waals surface area contributed by atoms with Gasteiger partial charge in [0, 0.05) is 28.6 Å². The second kappa shape index (κ2) is 6.09. The first-order chi connectivity index (χ1) is 15.4. The lowest BCUT2D eigenvalue weighted by molar-refractivity contribution is -0.155. The van der Waals surface area contributed by atoms with E-state index in [9.17, 15) is 24.0 Å². The molecular weight excluding hydrogens is 424 g/mol. The molecule has 4 unspecified atom stereocenters. The summed E-state index contributed by atoms with van der Waals surface area (Å²) in [6.07, 6.45) is 2.60. The van der Waals surface area contributed by atoms with Crippen LogP contribution in [-0.4, -0.2) is 41.0 Å². The number of H-pyrrole nitrogens is 2. The lowest BCUT2D eigenvalue weighted by Gasteiger charge is -2.53. The van der Waals surface area contributed by atoms with Gasteiger partial charge >= 0.3 is 17.7 Å². The minimum Gasteiger partial charge on any atom is -0.490 e. The standard InChI is InChI=1S/C20H14N4O8/c1-30-15-13-5(8(4-31-13)7-3-21-19(28)23-16(7)25)2-6-9-10-12(22-20(29)24-17(10)26)11(9)18(27)32-14(6)15/h2-4,9-12H,1H3,(H2,21,23,25,28)(H2,22,24,26,29). The zero-order valence-corrected chi connectivity index (χ0v) is 16.3. The number of carbonyl (C=O) groups is 3. The highest BCUT2D eigenvalue weighted by molar-refractivity contribution is 6.04. The number of hydrogen-bond acceptors (Lipinski definition) is 8. The summed E-state index contributed by atoms with van der Waals surface area (Å²) in [5, 5.41) is 5.32. The van der Waals surface area contributed by atoms with Crippen LogP contribution >= 0.6 is 0 Å². The zero-order valence-electron chi connectivity index (χ0n) is 16.3. The molecule has 2 aliphatic heterocycles. The quantitative estimate of drug-likeness (QED) is 0.318. The third kappa shape index (κ3) is 2.23. The van der Waals surface area contributed by atoms with Crippen molar-refractivity contribution in [3.8, 4) is 22.6 Å². The molecule has 0 radical (unpaired) electrons. The number of fused-ring (bicyclic) bond motifs is 7. The van der Waals surface area contributed by atoms with Gasteiger partial charge in [-0.05, 0) is 6.07 Å². The largest absolute Gasteiger partial charge is 0.490 e. The van der Waals surface area contributed by atoms with Crippen molar-refractivity contribution in [2.24, 2.45) is 11.8 Å². The molecule has 162 valence electrons. The first-order valence-corrected chi connectivity index (χ1v) is 9.66. The predicted octanol–water partition coefficient (Wildman–Crippen LogP) is -0.0584. The van der Waals surface area contributed by atoms with Crippen LogP contribution in [0, 0.1) is 11.8 Å². The summed E-state index contributed by atoms with van der Waals surface area (Å²) in [4.78, 5) is 65.3. The minimum absolute atomic E-state index is 0.130. The lowest BCUT2D eigenvalue weighted by atomic mass is 9.56. The SMILES string of the molecule is COc1c2c(cc3c(-c4c[nH]c(=O)[nH]c4=O)coc13)C1C3C(=O)NC(=O)NC3C1C(=O)O2. The zero-order chi connectivity index (χ0) is 22.3. The molecule has 2 fully saturated rings. The highest BCUT2D eigenvalue weighted by Gasteiger charge is 2.64. The van der Waals surface area contributed by atoms with Crippen molar-refractivity contribution in [2.45, 2.75) is 12.0 Å². The van der Waals surface area contributed by atoms with Crippen LogP contribution in [0.1, 0.15) is 11.5 Å². The maximum atomic E-state index is 12.7. The molecule has 0 spiro atoms. The summed E-state index contributed by atoms with van der Waals surface area (Å²) < 4.78 is 16.7. The summed E-state index contributed by atoms with van der Waals surface area (Å²) in [5.74, 6) is -2.77. The number of rotatable bonds is 2. The van der Waals surface area contributed by atoms with E-state index in [1.165, 1.54) is 19.6 Å². The van der Waals surface area contributed by atoms with Crippen LogP contribution in [0.5, 0.6) is 11.5 Å². The normalized spacial score (nSPS) is 25.6. The Bertz CT molecular complexity index is 1480. The van der Waals surface area contributed by atoms with Gasteiger partial charge in [0.2, 0.25) is 11.7 Å². The molecule has 1 aliphatic carbocycles. The van der Waals surface area contributed by atoms with Gasteiger partial charge in [0.25, 0.3) is 5.56 Å². The molecule has 2 aromatic heterocycles. The van der Waals surface area contributed by atoms with Gasteiger partial charge in [-0.3, -0.25) is 24.7 Å². The van der Waals surface area contributed by atoms with E-state index in [4.69, 9.17) is 13.9 Å². The summed E-state index contributed by atoms with van der Waals surface area (Å²) in [7, 11) is 1.38. The van der Waals surface area contributed by atoms with Crippen molar-refractivity contribution in [1.82, 2.24) is 20.6 Å². The minimum atomic E-state index is -0.739. The summed E-state index contributed by atoms with van der Waals surface area (Å²) in [6.45, 7) is 0. The number of methoxy groups -OCH3 is 1. The van der Waals surface area contributed by atoms with Gasteiger partial charge in [-0.25, -0.2) is 9.59 Å². The third-order valence-corrected chi connectivity index (χ3v) is 6.34. The Morgan fingerprint density at radius 1 is 1.03 bits per heavy atom.